The van der Waals surface area contributed by atoms with Crippen LogP contribution in [0.2, 0.25) is 0 Å². The van der Waals surface area contributed by atoms with E-state index < -0.39 is 0 Å². The molecule has 0 radical (unpaired) electrons. The second-order valence-electron chi connectivity index (χ2n) is 13.2. The Labute approximate surface area is 269 Å². The predicted octanol–water partition coefficient (Wildman–Crippen LogP) is 2.93. The Bertz CT molecular complexity index is 1720. The number of piperidine rings is 2. The number of nitriles is 1. The quantitative estimate of drug-likeness (QED) is 0.275. The van der Waals surface area contributed by atoms with Gasteiger partial charge >= 0.3 is 0 Å². The average Bonchev–Trinajstić information content (AvgIpc) is 3.69. The van der Waals surface area contributed by atoms with E-state index in [1.54, 1.807) is 17.8 Å². The maximum absolute atomic E-state index is 9.81. The van der Waals surface area contributed by atoms with Crippen LogP contribution in [0.4, 0.5) is 5.82 Å². The van der Waals surface area contributed by atoms with Crippen LogP contribution in [0.25, 0.3) is 16.8 Å². The zero-order valence-electron chi connectivity index (χ0n) is 26.5. The standard InChI is InChI=1S/C34H40N10O2/c1-40-7-5-24-19-41(8-6-31(24)40)9-10-46-28-12-29(34-25(13-35)15-39-44(34)22-28)30-16-37-32(17-36-30)42-20-26-11-27(21-42)43(26)18-23-3-4-33(45-2)38-14-23/h3-4,12,14-17,22,24,26-27,31H,5-11,18-21H2,1-2H3. The van der Waals surface area contributed by atoms with Crippen LogP contribution in [0.5, 0.6) is 11.6 Å². The fraction of sp³-hybridized carbons (Fsp3) is 0.500. The van der Waals surface area contributed by atoms with Crippen LogP contribution < -0.4 is 14.4 Å². The molecule has 9 rings (SSSR count). The Morgan fingerprint density at radius 3 is 2.65 bits per heavy atom. The normalized spacial score (nSPS) is 24.8. The molecule has 0 aliphatic carbocycles. The van der Waals surface area contributed by atoms with Crippen LogP contribution in [0.15, 0.2) is 49.2 Å². The van der Waals surface area contributed by atoms with Crippen LogP contribution in [0.1, 0.15) is 30.4 Å². The lowest BCUT2D eigenvalue weighted by Gasteiger charge is -2.56. The van der Waals surface area contributed by atoms with E-state index in [9.17, 15) is 5.26 Å². The van der Waals surface area contributed by atoms with Crippen molar-refractivity contribution >= 4 is 11.3 Å². The molecule has 5 saturated heterocycles. The Kier molecular flexibility index (Phi) is 7.68. The Hall–Kier alpha value is -4.31. The molecule has 0 N–H and O–H groups in total. The van der Waals surface area contributed by atoms with E-state index in [-0.39, 0.29) is 0 Å². The van der Waals surface area contributed by atoms with E-state index in [0.29, 0.717) is 47.1 Å². The van der Waals surface area contributed by atoms with E-state index in [1.807, 2.05) is 36.9 Å². The van der Waals surface area contributed by atoms with Gasteiger partial charge in [-0.05, 0) is 56.9 Å². The number of aromatic nitrogens is 5. The largest absolute Gasteiger partial charge is 0.491 e. The number of nitrogens with zero attached hydrogens (tertiary/aromatic N) is 10. The number of methoxy groups -OCH3 is 1. The highest BCUT2D eigenvalue weighted by atomic mass is 16.5. The number of rotatable bonds is 9. The van der Waals surface area contributed by atoms with Gasteiger partial charge in [0.05, 0.1) is 48.7 Å². The first-order valence-electron chi connectivity index (χ1n) is 16.3. The van der Waals surface area contributed by atoms with Gasteiger partial charge in [0.2, 0.25) is 5.88 Å². The summed E-state index contributed by atoms with van der Waals surface area (Å²) in [6.07, 6.45) is 12.7. The van der Waals surface area contributed by atoms with Gasteiger partial charge in [-0.3, -0.25) is 14.8 Å². The lowest BCUT2D eigenvalue weighted by atomic mass is 9.87. The van der Waals surface area contributed by atoms with Crippen molar-refractivity contribution in [3.63, 3.8) is 0 Å². The van der Waals surface area contributed by atoms with Crippen molar-refractivity contribution < 1.29 is 9.47 Å². The minimum atomic E-state index is 0.478. The molecule has 4 unspecified atom stereocenters. The van der Waals surface area contributed by atoms with E-state index in [4.69, 9.17) is 19.4 Å². The van der Waals surface area contributed by atoms with Crippen LogP contribution in [0.3, 0.4) is 0 Å². The topological polar surface area (TPSA) is 111 Å². The summed E-state index contributed by atoms with van der Waals surface area (Å²) in [5, 5.41) is 14.3. The third-order valence-electron chi connectivity index (χ3n) is 10.5. The summed E-state index contributed by atoms with van der Waals surface area (Å²) >= 11 is 0. The molecule has 46 heavy (non-hydrogen) atoms. The average molecular weight is 621 g/mol. The smallest absolute Gasteiger partial charge is 0.212 e. The summed E-state index contributed by atoms with van der Waals surface area (Å²) < 4.78 is 13.2. The third kappa shape index (κ3) is 5.42. The van der Waals surface area contributed by atoms with Crippen LogP contribution in [-0.4, -0.2) is 117 Å². The van der Waals surface area contributed by atoms with Crippen molar-refractivity contribution in [3.05, 3.63) is 60.3 Å². The number of pyridine rings is 2. The summed E-state index contributed by atoms with van der Waals surface area (Å²) in [5.74, 6) is 2.99. The van der Waals surface area contributed by atoms with Gasteiger partial charge < -0.3 is 19.3 Å². The molecule has 4 atom stereocenters. The van der Waals surface area contributed by atoms with Crippen molar-refractivity contribution in [1.29, 1.82) is 5.26 Å². The fourth-order valence-corrected chi connectivity index (χ4v) is 8.04. The third-order valence-corrected chi connectivity index (χ3v) is 10.5. The summed E-state index contributed by atoms with van der Waals surface area (Å²) in [6, 6.07) is 9.96. The minimum absolute atomic E-state index is 0.478. The van der Waals surface area contributed by atoms with Gasteiger partial charge in [-0.2, -0.15) is 10.4 Å². The van der Waals surface area contributed by atoms with Gasteiger partial charge in [0.25, 0.3) is 0 Å². The van der Waals surface area contributed by atoms with Crippen molar-refractivity contribution in [3.8, 4) is 29.0 Å². The molecule has 0 saturated carbocycles. The first kappa shape index (κ1) is 29.1. The molecule has 12 heteroatoms. The summed E-state index contributed by atoms with van der Waals surface area (Å²) in [7, 11) is 3.90. The SMILES string of the molecule is COc1ccc(CN2C3CC2CN(c2cnc(-c4cc(OCCN5CCC6C(CCN6C)C5)cn5ncc(C#N)c45)cn2)C3)cn1. The summed E-state index contributed by atoms with van der Waals surface area (Å²) in [4.78, 5) is 24.0. The molecule has 4 aromatic rings. The molecule has 0 aromatic carbocycles. The van der Waals surface area contributed by atoms with Crippen LogP contribution >= 0.6 is 0 Å². The molecule has 0 spiro atoms. The van der Waals surface area contributed by atoms with Crippen molar-refractivity contribution in [1.82, 2.24) is 39.3 Å². The highest BCUT2D eigenvalue weighted by Crippen LogP contribution is 2.36. The number of fused-ring (bicyclic) bond motifs is 4. The first-order chi connectivity index (χ1) is 22.6. The Morgan fingerprint density at radius 2 is 1.89 bits per heavy atom. The number of hydrogen-bond donors (Lipinski definition) is 0. The van der Waals surface area contributed by atoms with E-state index in [1.165, 1.54) is 31.4 Å². The van der Waals surface area contributed by atoms with Crippen molar-refractivity contribution in [2.75, 3.05) is 64.9 Å². The predicted molar refractivity (Wildman–Crippen MR) is 173 cm³/mol. The van der Waals surface area contributed by atoms with Gasteiger partial charge in [0.1, 0.15) is 24.2 Å². The first-order valence-corrected chi connectivity index (χ1v) is 16.3. The van der Waals surface area contributed by atoms with Gasteiger partial charge in [-0.15, -0.1) is 0 Å². The summed E-state index contributed by atoms with van der Waals surface area (Å²) in [6.45, 7) is 7.68. The van der Waals surface area contributed by atoms with Gasteiger partial charge in [0.15, 0.2) is 0 Å². The second-order valence-corrected chi connectivity index (χ2v) is 13.2. The second kappa shape index (κ2) is 12.1. The molecular formula is C34H40N10O2. The monoisotopic (exact) mass is 620 g/mol. The highest BCUT2D eigenvalue weighted by molar-refractivity contribution is 5.83. The fourth-order valence-electron chi connectivity index (χ4n) is 8.04. The number of anilines is 1. The summed E-state index contributed by atoms with van der Waals surface area (Å²) in [5.41, 5.74) is 3.90. The Morgan fingerprint density at radius 1 is 1.00 bits per heavy atom. The molecule has 12 nitrogen and oxygen atoms in total. The molecule has 5 aliphatic heterocycles. The molecule has 9 heterocycles. The minimum Gasteiger partial charge on any atom is -0.491 e. The van der Waals surface area contributed by atoms with Gasteiger partial charge in [-0.25, -0.2) is 14.5 Å². The number of piperazine rings is 1. The van der Waals surface area contributed by atoms with Crippen molar-refractivity contribution in [2.45, 2.75) is 43.9 Å². The maximum Gasteiger partial charge on any atom is 0.212 e. The van der Waals surface area contributed by atoms with Gasteiger partial charge in [-0.1, -0.05) is 6.07 Å². The van der Waals surface area contributed by atoms with E-state index in [2.05, 4.69) is 48.9 Å². The molecule has 2 bridgehead atoms. The number of hydrogen-bond acceptors (Lipinski definition) is 11. The van der Waals surface area contributed by atoms with Crippen LogP contribution in [-0.2, 0) is 6.54 Å². The van der Waals surface area contributed by atoms with Crippen LogP contribution in [0, 0.1) is 17.2 Å². The Balaban J connectivity index is 0.937. The molecule has 5 fully saturated rings. The molecule has 0 amide bonds. The molecule has 238 valence electrons. The number of likely N-dealkylation sites (tertiary alicyclic amines) is 2. The zero-order chi connectivity index (χ0) is 31.2. The number of ether oxygens (including phenoxy) is 2. The maximum atomic E-state index is 9.81. The lowest BCUT2D eigenvalue weighted by Crippen LogP contribution is -2.68. The molecule has 4 aromatic heterocycles. The van der Waals surface area contributed by atoms with E-state index in [0.717, 1.165) is 62.6 Å². The zero-order valence-corrected chi connectivity index (χ0v) is 26.5. The molecular weight excluding hydrogens is 580 g/mol. The molecule has 5 aliphatic rings. The lowest BCUT2D eigenvalue weighted by molar-refractivity contribution is -0.00879. The van der Waals surface area contributed by atoms with Gasteiger partial charge in [0, 0.05) is 68.7 Å². The van der Waals surface area contributed by atoms with E-state index >= 15 is 0 Å². The van der Waals surface area contributed by atoms with Crippen molar-refractivity contribution in [2.24, 2.45) is 5.92 Å². The highest BCUT2D eigenvalue weighted by Gasteiger charge is 2.44.